The van der Waals surface area contributed by atoms with Crippen LogP contribution in [0.1, 0.15) is 51.4 Å². The minimum Gasteiger partial charge on any atom is -0.381 e. The van der Waals surface area contributed by atoms with Crippen LogP contribution in [0.25, 0.3) is 0 Å². The largest absolute Gasteiger partial charge is 0.381 e. The Hall–Kier alpha value is -0.120. The van der Waals surface area contributed by atoms with Crippen molar-refractivity contribution in [3.05, 3.63) is 0 Å². The summed E-state index contributed by atoms with van der Waals surface area (Å²) >= 11 is 0. The minimum absolute atomic E-state index is 0.459. The molecule has 0 bridgehead atoms. The Morgan fingerprint density at radius 2 is 1.83 bits per heavy atom. The number of rotatable bonds is 3. The van der Waals surface area contributed by atoms with Crippen LogP contribution in [0.2, 0.25) is 0 Å². The van der Waals surface area contributed by atoms with E-state index in [4.69, 9.17) is 9.47 Å². The average Bonchev–Trinajstić information content (AvgIpc) is 2.45. The van der Waals surface area contributed by atoms with Crippen molar-refractivity contribution in [3.8, 4) is 0 Å². The minimum atomic E-state index is 0.459. The van der Waals surface area contributed by atoms with Crippen molar-refractivity contribution < 1.29 is 9.47 Å². The van der Waals surface area contributed by atoms with Gasteiger partial charge in [-0.1, -0.05) is 19.3 Å². The number of hydrogen-bond donors (Lipinski definition) is 1. The van der Waals surface area contributed by atoms with E-state index in [9.17, 15) is 0 Å². The van der Waals surface area contributed by atoms with Crippen LogP contribution in [-0.2, 0) is 9.47 Å². The Bertz CT molecular complexity index is 270. The smallest absolute Gasteiger partial charge is 0.0665 e. The quantitative estimate of drug-likeness (QED) is 0.838. The van der Waals surface area contributed by atoms with Crippen molar-refractivity contribution in [3.63, 3.8) is 0 Å². The van der Waals surface area contributed by atoms with Crippen LogP contribution in [0.3, 0.4) is 0 Å². The molecule has 2 aliphatic carbocycles. The Morgan fingerprint density at radius 1 is 1.11 bits per heavy atom. The molecular formula is C15H27NO2. The lowest BCUT2D eigenvalue weighted by molar-refractivity contribution is -0.188. The van der Waals surface area contributed by atoms with Crippen molar-refractivity contribution in [2.45, 2.75) is 69.6 Å². The van der Waals surface area contributed by atoms with Gasteiger partial charge in [0.2, 0.25) is 0 Å². The Kier molecular flexibility index (Phi) is 3.92. The summed E-state index contributed by atoms with van der Waals surface area (Å²) in [5.74, 6) is 0. The van der Waals surface area contributed by atoms with E-state index in [-0.39, 0.29) is 0 Å². The van der Waals surface area contributed by atoms with Gasteiger partial charge in [-0.3, -0.25) is 0 Å². The van der Waals surface area contributed by atoms with Crippen molar-refractivity contribution in [2.24, 2.45) is 5.41 Å². The van der Waals surface area contributed by atoms with Gasteiger partial charge in [-0.15, -0.1) is 0 Å². The second-order valence-electron chi connectivity index (χ2n) is 6.31. The zero-order valence-electron chi connectivity index (χ0n) is 11.6. The summed E-state index contributed by atoms with van der Waals surface area (Å²) in [6.07, 6.45) is 11.3. The van der Waals surface area contributed by atoms with E-state index in [0.29, 0.717) is 23.7 Å². The van der Waals surface area contributed by atoms with E-state index in [2.05, 4.69) is 12.4 Å². The van der Waals surface area contributed by atoms with Crippen LogP contribution >= 0.6 is 0 Å². The Labute approximate surface area is 111 Å². The lowest BCUT2D eigenvalue weighted by Crippen LogP contribution is -2.64. The fourth-order valence-corrected chi connectivity index (χ4v) is 4.27. The van der Waals surface area contributed by atoms with Crippen LogP contribution in [0, 0.1) is 5.41 Å². The molecule has 0 aromatic heterocycles. The molecular weight excluding hydrogens is 226 g/mol. The zero-order chi connectivity index (χ0) is 12.4. The Balaban J connectivity index is 1.61. The van der Waals surface area contributed by atoms with E-state index in [1.807, 2.05) is 0 Å². The molecule has 2 saturated carbocycles. The second kappa shape index (κ2) is 5.48. The molecule has 2 unspecified atom stereocenters. The van der Waals surface area contributed by atoms with Crippen molar-refractivity contribution >= 4 is 0 Å². The van der Waals surface area contributed by atoms with Crippen LogP contribution in [-0.4, -0.2) is 38.5 Å². The third kappa shape index (κ3) is 2.21. The first-order chi connectivity index (χ1) is 8.85. The summed E-state index contributed by atoms with van der Waals surface area (Å²) in [5, 5.41) is 3.52. The summed E-state index contributed by atoms with van der Waals surface area (Å²) in [6, 6.07) is 0.697. The van der Waals surface area contributed by atoms with Crippen LogP contribution in [0.15, 0.2) is 0 Å². The highest BCUT2D eigenvalue weighted by molar-refractivity contribution is 5.08. The summed E-state index contributed by atoms with van der Waals surface area (Å²) < 4.78 is 11.9. The van der Waals surface area contributed by atoms with E-state index >= 15 is 0 Å². The summed E-state index contributed by atoms with van der Waals surface area (Å²) in [4.78, 5) is 0. The average molecular weight is 253 g/mol. The highest BCUT2D eigenvalue weighted by Crippen LogP contribution is 2.53. The number of nitrogens with one attached hydrogen (secondary N) is 1. The monoisotopic (exact) mass is 253 g/mol. The lowest BCUT2D eigenvalue weighted by atomic mass is 9.55. The van der Waals surface area contributed by atoms with Gasteiger partial charge in [-0.05, 0) is 39.2 Å². The molecule has 0 radical (unpaired) electrons. The molecule has 1 N–H and O–H groups in total. The van der Waals surface area contributed by atoms with Gasteiger partial charge in [-0.2, -0.15) is 0 Å². The van der Waals surface area contributed by atoms with Gasteiger partial charge in [0, 0.05) is 24.7 Å². The zero-order valence-corrected chi connectivity index (χ0v) is 11.6. The molecule has 18 heavy (non-hydrogen) atoms. The maximum atomic E-state index is 6.43. The van der Waals surface area contributed by atoms with Crippen molar-refractivity contribution in [1.29, 1.82) is 0 Å². The molecule has 0 aromatic carbocycles. The maximum absolute atomic E-state index is 6.43. The van der Waals surface area contributed by atoms with E-state index in [1.54, 1.807) is 0 Å². The van der Waals surface area contributed by atoms with Gasteiger partial charge in [0.15, 0.2) is 0 Å². The topological polar surface area (TPSA) is 30.5 Å². The maximum Gasteiger partial charge on any atom is 0.0665 e. The SMILES string of the molecule is CNC1CC(OC2CCOCC2)C12CCCCC2. The third-order valence-corrected chi connectivity index (χ3v) is 5.44. The van der Waals surface area contributed by atoms with Gasteiger partial charge in [0.1, 0.15) is 0 Å². The first kappa shape index (κ1) is 12.9. The molecule has 0 amide bonds. The van der Waals surface area contributed by atoms with Gasteiger partial charge in [0.05, 0.1) is 12.2 Å². The van der Waals surface area contributed by atoms with Gasteiger partial charge < -0.3 is 14.8 Å². The van der Waals surface area contributed by atoms with Crippen LogP contribution < -0.4 is 5.32 Å². The van der Waals surface area contributed by atoms with E-state index < -0.39 is 0 Å². The predicted octanol–water partition coefficient (Wildman–Crippen LogP) is 2.49. The van der Waals surface area contributed by atoms with Gasteiger partial charge in [-0.25, -0.2) is 0 Å². The molecule has 3 aliphatic rings. The first-order valence-electron chi connectivity index (χ1n) is 7.75. The molecule has 3 rings (SSSR count). The van der Waals surface area contributed by atoms with E-state index in [0.717, 1.165) is 26.1 Å². The summed E-state index contributed by atoms with van der Waals surface area (Å²) in [6.45, 7) is 1.78. The standard InChI is InChI=1S/C15H27NO2/c1-16-13-11-14(15(13)7-3-2-4-8-15)18-12-5-9-17-10-6-12/h12-14,16H,2-11H2,1H3. The fourth-order valence-electron chi connectivity index (χ4n) is 4.27. The fraction of sp³-hybridized carbons (Fsp3) is 1.00. The first-order valence-corrected chi connectivity index (χ1v) is 7.75. The van der Waals surface area contributed by atoms with Gasteiger partial charge >= 0.3 is 0 Å². The summed E-state index contributed by atoms with van der Waals surface area (Å²) in [5.41, 5.74) is 0.464. The molecule has 104 valence electrons. The number of hydrogen-bond acceptors (Lipinski definition) is 3. The van der Waals surface area contributed by atoms with Crippen molar-refractivity contribution in [1.82, 2.24) is 5.32 Å². The molecule has 1 aliphatic heterocycles. The van der Waals surface area contributed by atoms with Crippen LogP contribution in [0.5, 0.6) is 0 Å². The molecule has 3 heteroatoms. The molecule has 0 aromatic rings. The molecule has 1 heterocycles. The van der Waals surface area contributed by atoms with E-state index in [1.165, 1.54) is 38.5 Å². The Morgan fingerprint density at radius 3 is 2.50 bits per heavy atom. The molecule has 3 nitrogen and oxygen atoms in total. The highest BCUT2D eigenvalue weighted by atomic mass is 16.5. The lowest BCUT2D eigenvalue weighted by Gasteiger charge is -2.58. The predicted molar refractivity (Wildman–Crippen MR) is 71.7 cm³/mol. The summed E-state index contributed by atoms with van der Waals surface area (Å²) in [7, 11) is 2.12. The van der Waals surface area contributed by atoms with Gasteiger partial charge in [0.25, 0.3) is 0 Å². The number of ether oxygens (including phenoxy) is 2. The molecule has 1 spiro atoms. The van der Waals surface area contributed by atoms with Crippen LogP contribution in [0.4, 0.5) is 0 Å². The molecule has 1 saturated heterocycles. The third-order valence-electron chi connectivity index (χ3n) is 5.44. The molecule has 2 atom stereocenters. The highest BCUT2D eigenvalue weighted by Gasteiger charge is 2.55. The molecule has 3 fully saturated rings. The normalized spacial score (nSPS) is 36.5. The second-order valence-corrected chi connectivity index (χ2v) is 6.31. The van der Waals surface area contributed by atoms with Crippen molar-refractivity contribution in [2.75, 3.05) is 20.3 Å².